The van der Waals surface area contributed by atoms with E-state index in [1.54, 1.807) is 23.6 Å². The normalized spacial score (nSPS) is 12.6. The van der Waals surface area contributed by atoms with E-state index in [0.717, 1.165) is 34.1 Å². The van der Waals surface area contributed by atoms with E-state index in [1.807, 2.05) is 24.3 Å². The zero-order valence-corrected chi connectivity index (χ0v) is 15.0. The molecule has 2 heterocycles. The van der Waals surface area contributed by atoms with E-state index in [9.17, 15) is 9.59 Å². The van der Waals surface area contributed by atoms with Crippen molar-refractivity contribution in [3.63, 3.8) is 0 Å². The molecule has 3 rings (SSSR count). The molecule has 1 aromatic heterocycles. The van der Waals surface area contributed by atoms with E-state index in [-0.39, 0.29) is 18.4 Å². The Bertz CT molecular complexity index is 786. The Morgan fingerprint density at radius 1 is 1.28 bits per heavy atom. The summed E-state index contributed by atoms with van der Waals surface area (Å²) in [6, 6.07) is 7.52. The number of hydrogen-bond acceptors (Lipinski definition) is 5. The first-order valence-corrected chi connectivity index (χ1v) is 9.06. The molecule has 0 aliphatic carbocycles. The molecule has 7 nitrogen and oxygen atoms in total. The maximum atomic E-state index is 12.3. The van der Waals surface area contributed by atoms with Gasteiger partial charge in [0, 0.05) is 30.5 Å². The van der Waals surface area contributed by atoms with Crippen molar-refractivity contribution in [1.29, 1.82) is 0 Å². The Hall–Kier alpha value is -2.48. The number of aromatic nitrogens is 2. The number of nitrogens with zero attached hydrogens (tertiary/aromatic N) is 2. The Labute approximate surface area is 150 Å². The third-order valence-electron chi connectivity index (χ3n) is 3.86. The largest absolute Gasteiger partial charge is 0.497 e. The number of carbonyl (C=O) groups excluding carboxylic acids is 2. The Morgan fingerprint density at radius 2 is 2.04 bits per heavy atom. The summed E-state index contributed by atoms with van der Waals surface area (Å²) in [6.45, 7) is 1.95. The molecule has 0 unspecified atom stereocenters. The van der Waals surface area contributed by atoms with Crippen LogP contribution in [0.5, 0.6) is 5.75 Å². The van der Waals surface area contributed by atoms with Gasteiger partial charge in [-0.1, -0.05) is 12.1 Å². The average Bonchev–Trinajstić information content (AvgIpc) is 3.16. The van der Waals surface area contributed by atoms with Crippen LogP contribution in [0, 0.1) is 0 Å². The molecule has 132 valence electrons. The highest BCUT2D eigenvalue weighted by molar-refractivity contribution is 7.98. The number of nitrogens with one attached hydrogen (secondary N) is 2. The van der Waals surface area contributed by atoms with E-state index in [2.05, 4.69) is 15.7 Å². The number of amides is 2. The number of rotatable bonds is 6. The Kier molecular flexibility index (Phi) is 5.28. The number of fused-ring (bicyclic) bond motifs is 1. The summed E-state index contributed by atoms with van der Waals surface area (Å²) < 4.78 is 6.69. The van der Waals surface area contributed by atoms with Crippen molar-refractivity contribution in [1.82, 2.24) is 15.1 Å². The van der Waals surface area contributed by atoms with Crippen molar-refractivity contribution in [2.75, 3.05) is 12.4 Å². The van der Waals surface area contributed by atoms with E-state index >= 15 is 0 Å². The second-order valence-corrected chi connectivity index (χ2v) is 6.72. The van der Waals surface area contributed by atoms with E-state index in [1.165, 1.54) is 6.92 Å². The molecular weight excluding hydrogens is 340 g/mol. The summed E-state index contributed by atoms with van der Waals surface area (Å²) in [5.41, 5.74) is 2.94. The number of hydrogen-bond donors (Lipinski definition) is 2. The van der Waals surface area contributed by atoms with Crippen molar-refractivity contribution >= 4 is 29.4 Å². The first-order chi connectivity index (χ1) is 12.1. The van der Waals surface area contributed by atoms with Crippen LogP contribution in [0.3, 0.4) is 0 Å². The van der Waals surface area contributed by atoms with Crippen molar-refractivity contribution in [2.24, 2.45) is 0 Å². The van der Waals surface area contributed by atoms with Gasteiger partial charge in [-0.05, 0) is 17.7 Å². The molecule has 0 atom stereocenters. The van der Waals surface area contributed by atoms with Crippen LogP contribution in [-0.2, 0) is 34.2 Å². The van der Waals surface area contributed by atoms with Gasteiger partial charge in [0.25, 0.3) is 0 Å². The van der Waals surface area contributed by atoms with Crippen LogP contribution in [0.25, 0.3) is 0 Å². The lowest BCUT2D eigenvalue weighted by Crippen LogP contribution is -2.28. The molecule has 0 saturated carbocycles. The summed E-state index contributed by atoms with van der Waals surface area (Å²) in [4.78, 5) is 23.7. The first-order valence-electron chi connectivity index (χ1n) is 7.90. The molecule has 8 heteroatoms. The van der Waals surface area contributed by atoms with Crippen LogP contribution in [0.1, 0.15) is 23.7 Å². The fourth-order valence-corrected chi connectivity index (χ4v) is 3.66. The molecule has 0 spiro atoms. The predicted molar refractivity (Wildman–Crippen MR) is 96.4 cm³/mol. The fourth-order valence-electron chi connectivity index (χ4n) is 2.62. The summed E-state index contributed by atoms with van der Waals surface area (Å²) in [7, 11) is 1.61. The number of thioether (sulfide) groups is 1. The van der Waals surface area contributed by atoms with Gasteiger partial charge in [-0.25, -0.2) is 4.68 Å². The van der Waals surface area contributed by atoms with Gasteiger partial charge in [-0.3, -0.25) is 9.59 Å². The van der Waals surface area contributed by atoms with Crippen LogP contribution >= 0.6 is 11.8 Å². The summed E-state index contributed by atoms with van der Waals surface area (Å²) in [5.74, 6) is 2.70. The lowest BCUT2D eigenvalue weighted by molar-refractivity contribution is -0.122. The smallest absolute Gasteiger partial charge is 0.242 e. The van der Waals surface area contributed by atoms with Crippen LogP contribution in [0.15, 0.2) is 24.3 Å². The van der Waals surface area contributed by atoms with Crippen molar-refractivity contribution < 1.29 is 14.3 Å². The Morgan fingerprint density at radius 3 is 2.72 bits per heavy atom. The summed E-state index contributed by atoms with van der Waals surface area (Å²) in [6.07, 6.45) is 0. The molecule has 2 amide bonds. The summed E-state index contributed by atoms with van der Waals surface area (Å²) >= 11 is 1.75. The molecule has 0 radical (unpaired) electrons. The van der Waals surface area contributed by atoms with Crippen LogP contribution in [0.4, 0.5) is 5.82 Å². The molecule has 1 aliphatic rings. The molecular formula is C17H20N4O3S. The third-order valence-corrected chi connectivity index (χ3v) is 4.83. The lowest BCUT2D eigenvalue weighted by atomic mass is 10.2. The molecule has 0 fully saturated rings. The topological polar surface area (TPSA) is 85.2 Å². The molecule has 0 bridgehead atoms. The van der Waals surface area contributed by atoms with Gasteiger partial charge in [-0.2, -0.15) is 16.9 Å². The maximum Gasteiger partial charge on any atom is 0.242 e. The van der Waals surface area contributed by atoms with E-state index in [4.69, 9.17) is 4.74 Å². The molecule has 1 aliphatic heterocycles. The highest BCUT2D eigenvalue weighted by Gasteiger charge is 2.24. The number of anilines is 1. The standard InChI is InChI=1S/C17H20N4O3S/c1-11(22)19-17-14-9-25-10-15(14)20-21(17)8-16(23)18-7-12-3-5-13(24-2)6-4-12/h3-6H,7-10H2,1-2H3,(H,18,23)(H,19,22). The van der Waals surface area contributed by atoms with Gasteiger partial charge in [0.1, 0.15) is 18.1 Å². The average molecular weight is 360 g/mol. The van der Waals surface area contributed by atoms with Crippen LogP contribution in [0.2, 0.25) is 0 Å². The molecule has 25 heavy (non-hydrogen) atoms. The van der Waals surface area contributed by atoms with Gasteiger partial charge < -0.3 is 15.4 Å². The molecule has 0 saturated heterocycles. The number of methoxy groups -OCH3 is 1. The number of carbonyl (C=O) groups is 2. The quantitative estimate of drug-likeness (QED) is 0.822. The van der Waals surface area contributed by atoms with Crippen molar-refractivity contribution in [3.05, 3.63) is 41.1 Å². The first kappa shape index (κ1) is 17.3. The second kappa shape index (κ2) is 7.60. The van der Waals surface area contributed by atoms with Gasteiger partial charge in [-0.15, -0.1) is 0 Å². The highest BCUT2D eigenvalue weighted by Crippen LogP contribution is 2.34. The Balaban J connectivity index is 1.63. The van der Waals surface area contributed by atoms with Crippen LogP contribution in [-0.4, -0.2) is 28.7 Å². The maximum absolute atomic E-state index is 12.3. The van der Waals surface area contributed by atoms with Crippen molar-refractivity contribution in [3.8, 4) is 5.75 Å². The molecule has 1 aromatic carbocycles. The monoisotopic (exact) mass is 360 g/mol. The van der Waals surface area contributed by atoms with Gasteiger partial charge in [0.05, 0.1) is 12.8 Å². The minimum absolute atomic E-state index is 0.0729. The minimum atomic E-state index is -0.167. The lowest BCUT2D eigenvalue weighted by Gasteiger charge is -2.10. The number of benzene rings is 1. The zero-order valence-electron chi connectivity index (χ0n) is 14.2. The SMILES string of the molecule is COc1ccc(CNC(=O)Cn2nc3c(c2NC(C)=O)CSC3)cc1. The predicted octanol–water partition coefficient (Wildman–Crippen LogP) is 1.91. The minimum Gasteiger partial charge on any atom is -0.497 e. The highest BCUT2D eigenvalue weighted by atomic mass is 32.2. The third kappa shape index (κ3) is 4.14. The zero-order chi connectivity index (χ0) is 17.8. The van der Waals surface area contributed by atoms with Crippen molar-refractivity contribution in [2.45, 2.75) is 31.5 Å². The van der Waals surface area contributed by atoms with E-state index < -0.39 is 0 Å². The molecule has 2 aromatic rings. The van der Waals surface area contributed by atoms with Gasteiger partial charge in [0.15, 0.2) is 0 Å². The van der Waals surface area contributed by atoms with Gasteiger partial charge >= 0.3 is 0 Å². The van der Waals surface area contributed by atoms with Gasteiger partial charge in [0.2, 0.25) is 11.8 Å². The van der Waals surface area contributed by atoms with Crippen LogP contribution < -0.4 is 15.4 Å². The second-order valence-electron chi connectivity index (χ2n) is 5.73. The number of ether oxygens (including phenoxy) is 1. The fraction of sp³-hybridized carbons (Fsp3) is 0.353. The van der Waals surface area contributed by atoms with E-state index in [0.29, 0.717) is 12.4 Å². The summed E-state index contributed by atoms with van der Waals surface area (Å²) in [5, 5.41) is 10.1. The molecule has 2 N–H and O–H groups in total.